The molecule has 1 aliphatic rings. The fourth-order valence-corrected chi connectivity index (χ4v) is 3.61. The van der Waals surface area contributed by atoms with Crippen molar-refractivity contribution in [1.82, 2.24) is 10.9 Å². The Morgan fingerprint density at radius 1 is 1.28 bits per heavy atom. The topological polar surface area (TPSA) is 70.2 Å². The van der Waals surface area contributed by atoms with Crippen molar-refractivity contribution in [1.29, 1.82) is 0 Å². The van der Waals surface area contributed by atoms with Crippen LogP contribution in [0.5, 0.6) is 0 Å². The molecule has 0 aromatic heterocycles. The summed E-state index contributed by atoms with van der Waals surface area (Å²) in [5.41, 5.74) is 6.63. The number of rotatable bonds is 3. The monoisotopic (exact) mass is 285 g/mol. The minimum absolute atomic E-state index is 0.0782. The zero-order valence-corrected chi connectivity index (χ0v) is 11.4. The van der Waals surface area contributed by atoms with E-state index in [4.69, 9.17) is 12.2 Å². The van der Waals surface area contributed by atoms with Gasteiger partial charge in [-0.3, -0.25) is 5.43 Å². The van der Waals surface area contributed by atoms with Crippen molar-refractivity contribution in [3.8, 4) is 0 Å². The van der Waals surface area contributed by atoms with E-state index in [2.05, 4.69) is 16.2 Å². The van der Waals surface area contributed by atoms with Gasteiger partial charge in [0, 0.05) is 11.7 Å². The third-order valence-electron chi connectivity index (χ3n) is 2.65. The van der Waals surface area contributed by atoms with Gasteiger partial charge in [-0.2, -0.15) is 0 Å². The maximum absolute atomic E-state index is 11.3. The fraction of sp³-hybridized carbons (Fsp3) is 0.364. The molecule has 18 heavy (non-hydrogen) atoms. The molecule has 1 saturated heterocycles. The van der Waals surface area contributed by atoms with Gasteiger partial charge in [0.1, 0.15) is 0 Å². The van der Waals surface area contributed by atoms with Gasteiger partial charge in [0.25, 0.3) is 0 Å². The van der Waals surface area contributed by atoms with E-state index in [-0.39, 0.29) is 17.5 Å². The molecule has 0 unspecified atom stereocenters. The predicted octanol–water partition coefficient (Wildman–Crippen LogP) is 0.665. The van der Waals surface area contributed by atoms with E-state index < -0.39 is 9.84 Å². The van der Waals surface area contributed by atoms with Crippen LogP contribution < -0.4 is 16.2 Å². The first-order chi connectivity index (χ1) is 8.55. The molecule has 1 aliphatic heterocycles. The Balaban J connectivity index is 1.76. The molecule has 0 amide bonds. The van der Waals surface area contributed by atoms with Gasteiger partial charge in [0.2, 0.25) is 0 Å². The Labute approximate surface area is 112 Å². The summed E-state index contributed by atoms with van der Waals surface area (Å²) < 4.78 is 22.5. The first-order valence-electron chi connectivity index (χ1n) is 5.63. The van der Waals surface area contributed by atoms with Crippen LogP contribution in [-0.4, -0.2) is 31.1 Å². The van der Waals surface area contributed by atoms with E-state index in [1.807, 2.05) is 30.3 Å². The molecule has 1 fully saturated rings. The molecule has 2 rings (SSSR count). The normalized spacial score (nSPS) is 21.4. The molecule has 3 N–H and O–H groups in total. The van der Waals surface area contributed by atoms with Crippen molar-refractivity contribution in [2.24, 2.45) is 0 Å². The van der Waals surface area contributed by atoms with Crippen LogP contribution >= 0.6 is 12.2 Å². The van der Waals surface area contributed by atoms with Gasteiger partial charge in [-0.15, -0.1) is 0 Å². The average molecular weight is 285 g/mol. The zero-order valence-electron chi connectivity index (χ0n) is 9.72. The average Bonchev–Trinajstić information content (AvgIpc) is 2.68. The third kappa shape index (κ3) is 3.94. The Bertz CT molecular complexity index is 516. The molecule has 1 heterocycles. The molecule has 0 aliphatic carbocycles. The van der Waals surface area contributed by atoms with Crippen LogP contribution in [-0.2, 0) is 9.84 Å². The Hall–Kier alpha value is -1.18. The van der Waals surface area contributed by atoms with E-state index in [9.17, 15) is 8.42 Å². The van der Waals surface area contributed by atoms with Gasteiger partial charge >= 0.3 is 0 Å². The van der Waals surface area contributed by atoms with Crippen molar-refractivity contribution < 1.29 is 8.42 Å². The summed E-state index contributed by atoms with van der Waals surface area (Å²) in [5, 5.41) is 3.42. The summed E-state index contributed by atoms with van der Waals surface area (Å²) in [4.78, 5) is 0. The van der Waals surface area contributed by atoms with Crippen molar-refractivity contribution in [2.75, 3.05) is 16.8 Å². The molecule has 1 aromatic carbocycles. The van der Waals surface area contributed by atoms with Crippen molar-refractivity contribution in [2.45, 2.75) is 12.5 Å². The van der Waals surface area contributed by atoms with Gasteiger partial charge in [-0.25, -0.2) is 13.8 Å². The van der Waals surface area contributed by atoms with Crippen LogP contribution in [0.4, 0.5) is 5.69 Å². The largest absolute Gasteiger partial charge is 0.332 e. The van der Waals surface area contributed by atoms with Gasteiger partial charge in [-0.05, 0) is 30.8 Å². The van der Waals surface area contributed by atoms with Gasteiger partial charge < -0.3 is 5.32 Å². The second-order valence-electron chi connectivity index (χ2n) is 4.19. The van der Waals surface area contributed by atoms with E-state index in [1.165, 1.54) is 0 Å². The lowest BCUT2D eigenvalue weighted by atomic mass is 10.3. The number of sulfone groups is 1. The van der Waals surface area contributed by atoms with Crippen LogP contribution in [0.3, 0.4) is 0 Å². The molecular formula is C11H15N3O2S2. The smallest absolute Gasteiger partial charge is 0.185 e. The third-order valence-corrected chi connectivity index (χ3v) is 4.63. The predicted molar refractivity (Wildman–Crippen MR) is 76.0 cm³/mol. The number of benzene rings is 1. The second-order valence-corrected chi connectivity index (χ2v) is 6.83. The lowest BCUT2D eigenvalue weighted by molar-refractivity contribution is 0.530. The highest BCUT2D eigenvalue weighted by atomic mass is 32.2. The van der Waals surface area contributed by atoms with E-state index >= 15 is 0 Å². The minimum atomic E-state index is -2.87. The summed E-state index contributed by atoms with van der Waals surface area (Å²) in [6.45, 7) is 0. The lowest BCUT2D eigenvalue weighted by Crippen LogP contribution is -2.46. The van der Waals surface area contributed by atoms with Crippen molar-refractivity contribution in [3.05, 3.63) is 30.3 Å². The second kappa shape index (κ2) is 5.64. The SMILES string of the molecule is O=S1(=O)CC[C@@H](NNC(=S)Nc2ccccc2)C1. The Morgan fingerprint density at radius 2 is 2.00 bits per heavy atom. The Morgan fingerprint density at radius 3 is 2.61 bits per heavy atom. The number of anilines is 1. The lowest BCUT2D eigenvalue weighted by Gasteiger charge is -2.15. The highest BCUT2D eigenvalue weighted by molar-refractivity contribution is 7.91. The van der Waals surface area contributed by atoms with Gasteiger partial charge in [0.05, 0.1) is 11.5 Å². The summed E-state index contributed by atoms with van der Waals surface area (Å²) in [6.07, 6.45) is 0.614. The first-order valence-corrected chi connectivity index (χ1v) is 7.86. The number of nitrogens with one attached hydrogen (secondary N) is 3. The molecule has 0 saturated carbocycles. The molecule has 0 bridgehead atoms. The first kappa shape index (κ1) is 13.3. The molecule has 0 radical (unpaired) electrons. The molecule has 5 nitrogen and oxygen atoms in total. The summed E-state index contributed by atoms with van der Waals surface area (Å²) in [6, 6.07) is 9.44. The standard InChI is InChI=1S/C11H15N3O2S2/c15-18(16)7-6-10(8-18)13-14-11(17)12-9-4-2-1-3-5-9/h1-5,10,13H,6-8H2,(H2,12,14,17)/t10-/m1/s1. The van der Waals surface area contributed by atoms with Crippen molar-refractivity contribution >= 4 is 32.9 Å². The molecular weight excluding hydrogens is 270 g/mol. The number of thiocarbonyl (C=S) groups is 1. The maximum atomic E-state index is 11.3. The molecule has 98 valence electrons. The van der Waals surface area contributed by atoms with E-state index in [0.717, 1.165) is 5.69 Å². The highest BCUT2D eigenvalue weighted by Gasteiger charge is 2.27. The van der Waals surface area contributed by atoms with Crippen LogP contribution in [0.1, 0.15) is 6.42 Å². The number of hydrazine groups is 1. The zero-order chi connectivity index (χ0) is 13.0. The minimum Gasteiger partial charge on any atom is -0.332 e. The molecule has 7 heteroatoms. The molecule has 0 spiro atoms. The quantitative estimate of drug-likeness (QED) is 0.560. The van der Waals surface area contributed by atoms with E-state index in [0.29, 0.717) is 11.5 Å². The summed E-state index contributed by atoms with van der Waals surface area (Å²) in [5.74, 6) is 0.402. The van der Waals surface area contributed by atoms with Crippen LogP contribution in [0, 0.1) is 0 Å². The number of para-hydroxylation sites is 1. The maximum Gasteiger partial charge on any atom is 0.185 e. The Kier molecular flexibility index (Phi) is 4.15. The molecule has 1 aromatic rings. The van der Waals surface area contributed by atoms with Gasteiger partial charge in [-0.1, -0.05) is 18.2 Å². The molecule has 1 atom stereocenters. The highest BCUT2D eigenvalue weighted by Crippen LogP contribution is 2.10. The fourth-order valence-electron chi connectivity index (χ4n) is 1.76. The number of hydrogen-bond donors (Lipinski definition) is 3. The summed E-state index contributed by atoms with van der Waals surface area (Å²) >= 11 is 5.09. The summed E-state index contributed by atoms with van der Waals surface area (Å²) in [7, 11) is -2.87. The van der Waals surface area contributed by atoms with Gasteiger partial charge in [0.15, 0.2) is 14.9 Å². The van der Waals surface area contributed by atoms with Crippen LogP contribution in [0.25, 0.3) is 0 Å². The number of hydrogen-bond acceptors (Lipinski definition) is 4. The van der Waals surface area contributed by atoms with Crippen LogP contribution in [0.2, 0.25) is 0 Å². The van der Waals surface area contributed by atoms with E-state index in [1.54, 1.807) is 0 Å². The van der Waals surface area contributed by atoms with Crippen LogP contribution in [0.15, 0.2) is 30.3 Å². The van der Waals surface area contributed by atoms with Crippen molar-refractivity contribution in [3.63, 3.8) is 0 Å².